The second-order valence-electron chi connectivity index (χ2n) is 5.16. The summed E-state index contributed by atoms with van der Waals surface area (Å²) in [5.74, 6) is 0. The minimum Gasteiger partial charge on any atom is -0.320 e. The molecule has 1 aromatic heterocycles. The largest absolute Gasteiger partial charge is 0.320 e. The molecule has 1 rings (SSSR count). The van der Waals surface area contributed by atoms with E-state index in [4.69, 9.17) is 11.6 Å². The second-order valence-corrected chi connectivity index (χ2v) is 5.54. The number of halogens is 1. The normalized spacial score (nSPS) is 12.1. The Hall–Kier alpha value is -0.540. The third kappa shape index (κ3) is 3.22. The molecule has 0 fully saturated rings. The fourth-order valence-electron chi connectivity index (χ4n) is 1.88. The first kappa shape index (κ1) is 13.5. The van der Waals surface area contributed by atoms with Crippen molar-refractivity contribution in [2.24, 2.45) is 12.5 Å². The zero-order valence-corrected chi connectivity index (χ0v) is 11.6. The predicted molar refractivity (Wildman–Crippen MR) is 69.0 cm³/mol. The maximum absolute atomic E-state index is 6.26. The molecule has 0 spiro atoms. The van der Waals surface area contributed by atoms with Crippen molar-refractivity contribution in [1.29, 1.82) is 0 Å². The Morgan fingerprint density at radius 3 is 2.50 bits per heavy atom. The van der Waals surface area contributed by atoms with Crippen molar-refractivity contribution < 1.29 is 0 Å². The maximum Gasteiger partial charge on any atom is 0.0847 e. The van der Waals surface area contributed by atoms with Gasteiger partial charge in [0.15, 0.2) is 0 Å². The Balaban J connectivity index is 2.79. The van der Waals surface area contributed by atoms with Crippen molar-refractivity contribution >= 4 is 11.6 Å². The number of aromatic nitrogens is 2. The molecule has 4 heteroatoms. The summed E-state index contributed by atoms with van der Waals surface area (Å²) in [6.45, 7) is 7.51. The zero-order valence-electron chi connectivity index (χ0n) is 10.9. The minimum absolute atomic E-state index is 0.243. The molecule has 0 aliphatic heterocycles. The van der Waals surface area contributed by atoms with Crippen molar-refractivity contribution in [3.63, 3.8) is 0 Å². The highest BCUT2D eigenvalue weighted by molar-refractivity contribution is 6.31. The molecule has 1 N–H and O–H groups in total. The third-order valence-electron chi connectivity index (χ3n) is 2.96. The minimum atomic E-state index is 0.243. The molecule has 0 radical (unpaired) electrons. The van der Waals surface area contributed by atoms with Gasteiger partial charge in [0.2, 0.25) is 0 Å². The van der Waals surface area contributed by atoms with Crippen molar-refractivity contribution in [1.82, 2.24) is 15.1 Å². The van der Waals surface area contributed by atoms with Crippen LogP contribution in [0.5, 0.6) is 0 Å². The van der Waals surface area contributed by atoms with Gasteiger partial charge in [-0.3, -0.25) is 4.68 Å². The Morgan fingerprint density at radius 2 is 2.06 bits per heavy atom. The summed E-state index contributed by atoms with van der Waals surface area (Å²) in [4.78, 5) is 0. The number of hydrogen-bond donors (Lipinski definition) is 1. The van der Waals surface area contributed by atoms with Gasteiger partial charge in [-0.05, 0) is 38.8 Å². The Kier molecular flexibility index (Phi) is 4.39. The molecule has 0 unspecified atom stereocenters. The first-order chi connectivity index (χ1) is 7.37. The lowest BCUT2D eigenvalue weighted by molar-refractivity contribution is 0.321. The number of nitrogens with zero attached hydrogens (tertiary/aromatic N) is 2. The lowest BCUT2D eigenvalue weighted by atomic mass is 9.84. The average Bonchev–Trinajstić information content (AvgIpc) is 2.42. The number of rotatable bonds is 5. The van der Waals surface area contributed by atoms with Crippen LogP contribution >= 0.6 is 11.6 Å². The Labute approximate surface area is 103 Å². The van der Waals surface area contributed by atoms with E-state index in [-0.39, 0.29) is 5.41 Å². The summed E-state index contributed by atoms with van der Waals surface area (Å²) in [6, 6.07) is 0. The first-order valence-electron chi connectivity index (χ1n) is 5.70. The van der Waals surface area contributed by atoms with Crippen molar-refractivity contribution in [2.45, 2.75) is 33.6 Å². The SMILES string of the molecule is CNCCC(C)(C)Cc1c(Cl)c(C)nn1C. The van der Waals surface area contributed by atoms with E-state index < -0.39 is 0 Å². The molecule has 0 amide bonds. The number of hydrogen-bond acceptors (Lipinski definition) is 2. The lowest BCUT2D eigenvalue weighted by Gasteiger charge is -2.24. The van der Waals surface area contributed by atoms with Crippen LogP contribution in [0.4, 0.5) is 0 Å². The van der Waals surface area contributed by atoms with E-state index in [1.807, 2.05) is 25.7 Å². The van der Waals surface area contributed by atoms with E-state index in [1.165, 1.54) is 0 Å². The van der Waals surface area contributed by atoms with Gasteiger partial charge in [0.05, 0.1) is 16.4 Å². The Morgan fingerprint density at radius 1 is 1.44 bits per heavy atom. The molecule has 0 atom stereocenters. The average molecular weight is 244 g/mol. The standard InChI is InChI=1S/C12H22ClN3/c1-9-11(13)10(16(5)15-9)8-12(2,3)6-7-14-4/h14H,6-8H2,1-5H3. The van der Waals surface area contributed by atoms with Crippen molar-refractivity contribution in [3.8, 4) is 0 Å². The van der Waals surface area contributed by atoms with Gasteiger partial charge in [0, 0.05) is 7.05 Å². The van der Waals surface area contributed by atoms with E-state index in [1.54, 1.807) is 0 Å². The van der Waals surface area contributed by atoms with Gasteiger partial charge in [-0.2, -0.15) is 5.10 Å². The van der Waals surface area contributed by atoms with Gasteiger partial charge >= 0.3 is 0 Å². The molecule has 0 saturated heterocycles. The van der Waals surface area contributed by atoms with E-state index in [9.17, 15) is 0 Å². The zero-order chi connectivity index (χ0) is 12.3. The molecule has 16 heavy (non-hydrogen) atoms. The molecule has 1 aromatic rings. The van der Waals surface area contributed by atoms with Gasteiger partial charge in [0.1, 0.15) is 0 Å². The van der Waals surface area contributed by atoms with Gasteiger partial charge in [-0.1, -0.05) is 25.4 Å². The van der Waals surface area contributed by atoms with Crippen LogP contribution in [-0.4, -0.2) is 23.4 Å². The summed E-state index contributed by atoms with van der Waals surface area (Å²) < 4.78 is 1.90. The monoisotopic (exact) mass is 243 g/mol. The number of aryl methyl sites for hydroxylation is 2. The van der Waals surface area contributed by atoms with Gasteiger partial charge in [-0.25, -0.2) is 0 Å². The highest BCUT2D eigenvalue weighted by Crippen LogP contribution is 2.30. The van der Waals surface area contributed by atoms with E-state index in [2.05, 4.69) is 24.3 Å². The highest BCUT2D eigenvalue weighted by Gasteiger charge is 2.22. The van der Waals surface area contributed by atoms with E-state index in [0.29, 0.717) is 0 Å². The van der Waals surface area contributed by atoms with Gasteiger partial charge < -0.3 is 5.32 Å². The second kappa shape index (κ2) is 5.19. The maximum atomic E-state index is 6.26. The molecule has 0 saturated carbocycles. The molecular weight excluding hydrogens is 222 g/mol. The van der Waals surface area contributed by atoms with E-state index >= 15 is 0 Å². The molecule has 0 aromatic carbocycles. The lowest BCUT2D eigenvalue weighted by Crippen LogP contribution is -2.23. The molecule has 92 valence electrons. The van der Waals surface area contributed by atoms with E-state index in [0.717, 1.165) is 35.8 Å². The molecule has 1 heterocycles. The van der Waals surface area contributed by atoms with Crippen molar-refractivity contribution in [3.05, 3.63) is 16.4 Å². The van der Waals surface area contributed by atoms with Crippen LogP contribution in [0.25, 0.3) is 0 Å². The predicted octanol–water partition coefficient (Wildman–Crippen LogP) is 2.56. The van der Waals surface area contributed by atoms with Crippen LogP contribution in [0.1, 0.15) is 31.7 Å². The molecule has 0 aliphatic rings. The topological polar surface area (TPSA) is 29.9 Å². The number of nitrogens with one attached hydrogen (secondary N) is 1. The van der Waals surface area contributed by atoms with Gasteiger partial charge in [0.25, 0.3) is 0 Å². The first-order valence-corrected chi connectivity index (χ1v) is 6.08. The summed E-state index contributed by atoms with van der Waals surface area (Å²) in [5, 5.41) is 8.35. The van der Waals surface area contributed by atoms with Crippen LogP contribution in [-0.2, 0) is 13.5 Å². The summed E-state index contributed by atoms with van der Waals surface area (Å²) >= 11 is 6.26. The Bertz CT molecular complexity index is 355. The quantitative estimate of drug-likeness (QED) is 0.862. The van der Waals surface area contributed by atoms with Crippen LogP contribution in [0.3, 0.4) is 0 Å². The fraction of sp³-hybridized carbons (Fsp3) is 0.750. The third-order valence-corrected chi connectivity index (χ3v) is 3.45. The van der Waals surface area contributed by atoms with Crippen molar-refractivity contribution in [2.75, 3.05) is 13.6 Å². The van der Waals surface area contributed by atoms with Crippen LogP contribution in [0, 0.1) is 12.3 Å². The highest BCUT2D eigenvalue weighted by atomic mass is 35.5. The summed E-state index contributed by atoms with van der Waals surface area (Å²) in [6.07, 6.45) is 2.09. The summed E-state index contributed by atoms with van der Waals surface area (Å²) in [5.41, 5.74) is 2.30. The summed E-state index contributed by atoms with van der Waals surface area (Å²) in [7, 11) is 3.94. The van der Waals surface area contributed by atoms with Gasteiger partial charge in [-0.15, -0.1) is 0 Å². The van der Waals surface area contributed by atoms with Crippen LogP contribution in [0.15, 0.2) is 0 Å². The molecule has 0 bridgehead atoms. The van der Waals surface area contributed by atoms with Crippen LogP contribution in [0.2, 0.25) is 5.02 Å². The van der Waals surface area contributed by atoms with Crippen LogP contribution < -0.4 is 5.32 Å². The smallest absolute Gasteiger partial charge is 0.0847 e. The molecule has 3 nitrogen and oxygen atoms in total. The molecular formula is C12H22ClN3. The fourth-order valence-corrected chi connectivity index (χ4v) is 2.10. The molecule has 0 aliphatic carbocycles.